The van der Waals surface area contributed by atoms with Crippen molar-refractivity contribution >= 4 is 29.2 Å². The standard InChI is InChI=1S/C25H26N2O4S/c1-30-20-12-10-19(11-13-20)24(28)27-23(17-22-9-5-15-32-22)25(29)26-14-4-7-18-6-3-8-21(16-18)31-2/h3,5-6,8-13,15-17H,4,7,14H2,1-2H3,(H,26,29)(H,27,28)/b23-17-. The summed E-state index contributed by atoms with van der Waals surface area (Å²) >= 11 is 1.49. The highest BCUT2D eigenvalue weighted by atomic mass is 32.1. The maximum Gasteiger partial charge on any atom is 0.267 e. The SMILES string of the molecule is COc1ccc(C(=O)N/C(=C\c2cccs2)C(=O)NCCCc2cccc(OC)c2)cc1. The molecule has 0 aliphatic heterocycles. The summed E-state index contributed by atoms with van der Waals surface area (Å²) < 4.78 is 10.4. The average Bonchev–Trinajstić information content (AvgIpc) is 3.34. The van der Waals surface area contributed by atoms with Crippen LogP contribution in [0.25, 0.3) is 6.08 Å². The molecule has 32 heavy (non-hydrogen) atoms. The molecule has 7 heteroatoms. The van der Waals surface area contributed by atoms with E-state index in [0.717, 1.165) is 29.0 Å². The molecule has 0 fully saturated rings. The fraction of sp³-hybridized carbons (Fsp3) is 0.200. The number of carbonyl (C=O) groups is 2. The summed E-state index contributed by atoms with van der Waals surface area (Å²) in [5.74, 6) is 0.784. The molecular formula is C25H26N2O4S. The molecule has 2 amide bonds. The van der Waals surface area contributed by atoms with Crippen LogP contribution in [0, 0.1) is 0 Å². The van der Waals surface area contributed by atoms with Gasteiger partial charge in [-0.25, -0.2) is 0 Å². The van der Waals surface area contributed by atoms with Crippen LogP contribution in [-0.4, -0.2) is 32.6 Å². The van der Waals surface area contributed by atoms with Crippen molar-refractivity contribution in [2.45, 2.75) is 12.8 Å². The Hall–Kier alpha value is -3.58. The lowest BCUT2D eigenvalue weighted by atomic mass is 10.1. The molecule has 1 aromatic heterocycles. The third kappa shape index (κ3) is 6.72. The van der Waals surface area contributed by atoms with Gasteiger partial charge in [-0.1, -0.05) is 18.2 Å². The zero-order chi connectivity index (χ0) is 22.8. The molecular weight excluding hydrogens is 424 g/mol. The molecule has 2 aromatic carbocycles. The normalized spacial score (nSPS) is 11.0. The summed E-state index contributed by atoms with van der Waals surface area (Å²) in [6.45, 7) is 0.482. The molecule has 3 aromatic rings. The summed E-state index contributed by atoms with van der Waals surface area (Å²) in [7, 11) is 3.20. The number of rotatable bonds is 10. The number of amides is 2. The Morgan fingerprint density at radius 3 is 2.44 bits per heavy atom. The fourth-order valence-corrected chi connectivity index (χ4v) is 3.69. The second-order valence-electron chi connectivity index (χ2n) is 6.97. The van der Waals surface area contributed by atoms with Crippen molar-refractivity contribution in [3.63, 3.8) is 0 Å². The number of nitrogens with one attached hydrogen (secondary N) is 2. The maximum atomic E-state index is 12.8. The number of hydrogen-bond acceptors (Lipinski definition) is 5. The lowest BCUT2D eigenvalue weighted by Crippen LogP contribution is -2.35. The molecule has 6 nitrogen and oxygen atoms in total. The minimum absolute atomic E-state index is 0.203. The first-order chi connectivity index (χ1) is 15.6. The van der Waals surface area contributed by atoms with E-state index in [2.05, 4.69) is 10.6 Å². The number of methoxy groups -OCH3 is 2. The van der Waals surface area contributed by atoms with E-state index < -0.39 is 0 Å². The second-order valence-corrected chi connectivity index (χ2v) is 7.95. The molecule has 0 aliphatic rings. The first-order valence-corrected chi connectivity index (χ1v) is 11.1. The topological polar surface area (TPSA) is 76.7 Å². The quantitative estimate of drug-likeness (QED) is 0.357. The minimum atomic E-state index is -0.359. The van der Waals surface area contributed by atoms with Gasteiger partial charge in [-0.05, 0) is 72.3 Å². The van der Waals surface area contributed by atoms with Gasteiger partial charge in [0.15, 0.2) is 0 Å². The van der Waals surface area contributed by atoms with E-state index in [1.54, 1.807) is 44.6 Å². The molecule has 1 heterocycles. The Kier molecular flexibility index (Phi) is 8.45. The number of carbonyl (C=O) groups excluding carboxylic acids is 2. The monoisotopic (exact) mass is 450 g/mol. The molecule has 166 valence electrons. The fourth-order valence-electron chi connectivity index (χ4n) is 3.03. The Morgan fingerprint density at radius 1 is 0.969 bits per heavy atom. The predicted molar refractivity (Wildman–Crippen MR) is 127 cm³/mol. The number of hydrogen-bond donors (Lipinski definition) is 2. The largest absolute Gasteiger partial charge is 0.497 e. The van der Waals surface area contributed by atoms with Crippen molar-refractivity contribution in [2.24, 2.45) is 0 Å². The molecule has 0 atom stereocenters. The van der Waals surface area contributed by atoms with Crippen molar-refractivity contribution in [2.75, 3.05) is 20.8 Å². The molecule has 0 unspecified atom stereocenters. The van der Waals surface area contributed by atoms with Crippen molar-refractivity contribution in [3.05, 3.63) is 87.7 Å². The number of ether oxygens (including phenoxy) is 2. The maximum absolute atomic E-state index is 12.8. The average molecular weight is 451 g/mol. The van der Waals surface area contributed by atoms with Gasteiger partial charge in [0.05, 0.1) is 14.2 Å². The zero-order valence-corrected chi connectivity index (χ0v) is 18.9. The molecule has 3 rings (SSSR count). The summed E-state index contributed by atoms with van der Waals surface area (Å²) in [5, 5.41) is 7.56. The van der Waals surface area contributed by atoms with Gasteiger partial charge in [-0.15, -0.1) is 11.3 Å². The Bertz CT molecular complexity index is 1060. The first kappa shape index (κ1) is 23.1. The van der Waals surface area contributed by atoms with E-state index >= 15 is 0 Å². The van der Waals surface area contributed by atoms with Crippen molar-refractivity contribution in [3.8, 4) is 11.5 Å². The lowest BCUT2D eigenvalue weighted by Gasteiger charge is -2.11. The number of aryl methyl sites for hydroxylation is 1. The van der Waals surface area contributed by atoms with E-state index in [9.17, 15) is 9.59 Å². The highest BCUT2D eigenvalue weighted by Gasteiger charge is 2.15. The Morgan fingerprint density at radius 2 is 1.75 bits per heavy atom. The van der Waals surface area contributed by atoms with Gasteiger partial charge < -0.3 is 20.1 Å². The van der Waals surface area contributed by atoms with Crippen LogP contribution in [0.5, 0.6) is 11.5 Å². The molecule has 0 saturated carbocycles. The first-order valence-electron chi connectivity index (χ1n) is 10.2. The lowest BCUT2D eigenvalue weighted by molar-refractivity contribution is -0.117. The smallest absolute Gasteiger partial charge is 0.267 e. The Labute approximate surface area is 191 Å². The van der Waals surface area contributed by atoms with Crippen LogP contribution >= 0.6 is 11.3 Å². The van der Waals surface area contributed by atoms with E-state index in [4.69, 9.17) is 9.47 Å². The highest BCUT2D eigenvalue weighted by Crippen LogP contribution is 2.15. The summed E-state index contributed by atoms with van der Waals surface area (Å²) in [6.07, 6.45) is 3.25. The van der Waals surface area contributed by atoms with E-state index in [0.29, 0.717) is 17.9 Å². The molecule has 0 radical (unpaired) electrons. The van der Waals surface area contributed by atoms with Gasteiger partial charge >= 0.3 is 0 Å². The van der Waals surface area contributed by atoms with Gasteiger partial charge in [0.25, 0.3) is 11.8 Å². The van der Waals surface area contributed by atoms with E-state index in [1.807, 2.05) is 41.8 Å². The van der Waals surface area contributed by atoms with Crippen LogP contribution in [0.2, 0.25) is 0 Å². The summed E-state index contributed by atoms with van der Waals surface area (Å²) in [4.78, 5) is 26.4. The van der Waals surface area contributed by atoms with Crippen LogP contribution in [0.4, 0.5) is 0 Å². The molecule has 0 spiro atoms. The van der Waals surface area contributed by atoms with Crippen LogP contribution in [-0.2, 0) is 11.2 Å². The third-order valence-electron chi connectivity index (χ3n) is 4.74. The van der Waals surface area contributed by atoms with Gasteiger partial charge in [0.2, 0.25) is 0 Å². The predicted octanol–water partition coefficient (Wildman–Crippen LogP) is 4.29. The highest BCUT2D eigenvalue weighted by molar-refractivity contribution is 7.10. The third-order valence-corrected chi connectivity index (χ3v) is 5.56. The summed E-state index contributed by atoms with van der Waals surface area (Å²) in [5.41, 5.74) is 1.78. The molecule has 0 saturated heterocycles. The van der Waals surface area contributed by atoms with Gasteiger partial charge in [0.1, 0.15) is 17.2 Å². The van der Waals surface area contributed by atoms with Crippen LogP contribution in [0.3, 0.4) is 0 Å². The van der Waals surface area contributed by atoms with Crippen LogP contribution < -0.4 is 20.1 Å². The van der Waals surface area contributed by atoms with Gasteiger partial charge in [0, 0.05) is 17.0 Å². The van der Waals surface area contributed by atoms with Crippen molar-refractivity contribution in [1.29, 1.82) is 0 Å². The second kappa shape index (κ2) is 11.7. The van der Waals surface area contributed by atoms with Crippen molar-refractivity contribution < 1.29 is 19.1 Å². The Balaban J connectivity index is 1.61. The summed E-state index contributed by atoms with van der Waals surface area (Å²) in [6, 6.07) is 18.4. The molecule has 2 N–H and O–H groups in total. The van der Waals surface area contributed by atoms with E-state index in [-0.39, 0.29) is 17.5 Å². The van der Waals surface area contributed by atoms with Gasteiger partial charge in [-0.3, -0.25) is 9.59 Å². The van der Waals surface area contributed by atoms with Crippen LogP contribution in [0.1, 0.15) is 27.2 Å². The number of benzene rings is 2. The zero-order valence-electron chi connectivity index (χ0n) is 18.1. The van der Waals surface area contributed by atoms with Gasteiger partial charge in [-0.2, -0.15) is 0 Å². The van der Waals surface area contributed by atoms with E-state index in [1.165, 1.54) is 11.3 Å². The number of thiophene rings is 1. The molecule has 0 bridgehead atoms. The molecule has 0 aliphatic carbocycles. The van der Waals surface area contributed by atoms with Crippen molar-refractivity contribution in [1.82, 2.24) is 10.6 Å². The van der Waals surface area contributed by atoms with Crippen LogP contribution in [0.15, 0.2) is 71.7 Å². The minimum Gasteiger partial charge on any atom is -0.497 e.